The quantitative estimate of drug-likeness (QED) is 0.442. The molecule has 0 radical (unpaired) electrons. The van der Waals surface area contributed by atoms with Gasteiger partial charge in [-0.2, -0.15) is 5.10 Å². The lowest BCUT2D eigenvalue weighted by Gasteiger charge is -2.32. The Bertz CT molecular complexity index is 1280. The topological polar surface area (TPSA) is 79.0 Å². The number of halogens is 1. The van der Waals surface area contributed by atoms with Crippen LogP contribution in [0.2, 0.25) is 0 Å². The Hall–Kier alpha value is -3.36. The summed E-state index contributed by atoms with van der Waals surface area (Å²) in [7, 11) is 3.61. The first kappa shape index (κ1) is 22.4. The number of fused-ring (bicyclic) bond motifs is 1. The number of methoxy groups -OCH3 is 1. The van der Waals surface area contributed by atoms with Gasteiger partial charge in [0.25, 0.3) is 0 Å². The van der Waals surface area contributed by atoms with Crippen molar-refractivity contribution in [3.05, 3.63) is 59.7 Å². The molecule has 1 saturated heterocycles. The van der Waals surface area contributed by atoms with Crippen molar-refractivity contribution >= 4 is 16.7 Å². The van der Waals surface area contributed by atoms with Crippen molar-refractivity contribution in [1.82, 2.24) is 25.5 Å². The molecule has 0 saturated carbocycles. The second kappa shape index (κ2) is 9.48. The summed E-state index contributed by atoms with van der Waals surface area (Å²) in [5.41, 5.74) is 5.33. The van der Waals surface area contributed by atoms with E-state index in [1.54, 1.807) is 19.4 Å². The number of nitrogens with zero attached hydrogens (tertiary/aromatic N) is 4. The predicted molar refractivity (Wildman–Crippen MR) is 132 cm³/mol. The van der Waals surface area contributed by atoms with Gasteiger partial charge in [-0.1, -0.05) is 6.07 Å². The van der Waals surface area contributed by atoms with E-state index in [0.717, 1.165) is 65.0 Å². The maximum Gasteiger partial charge on any atom is 0.133 e. The van der Waals surface area contributed by atoms with Crippen LogP contribution in [0.15, 0.2) is 42.7 Å². The third-order valence-electron chi connectivity index (χ3n) is 6.49. The van der Waals surface area contributed by atoms with Crippen LogP contribution >= 0.6 is 0 Å². The molecule has 1 unspecified atom stereocenters. The van der Waals surface area contributed by atoms with Crippen LogP contribution in [-0.2, 0) is 11.3 Å². The van der Waals surface area contributed by atoms with E-state index < -0.39 is 0 Å². The first-order valence-electron chi connectivity index (χ1n) is 11.6. The average molecular weight is 461 g/mol. The minimum absolute atomic E-state index is 0.243. The monoisotopic (exact) mass is 460 g/mol. The van der Waals surface area contributed by atoms with E-state index in [9.17, 15) is 0 Å². The Labute approximate surface area is 198 Å². The molecule has 0 amide bonds. The van der Waals surface area contributed by atoms with E-state index in [1.165, 1.54) is 0 Å². The van der Waals surface area contributed by atoms with Crippen molar-refractivity contribution in [3.63, 3.8) is 0 Å². The van der Waals surface area contributed by atoms with Crippen LogP contribution in [-0.4, -0.2) is 53.5 Å². The van der Waals surface area contributed by atoms with Crippen molar-refractivity contribution in [1.29, 1.82) is 0 Å². The molecule has 176 valence electrons. The lowest BCUT2D eigenvalue weighted by Crippen LogP contribution is -2.39. The number of aromatic amines is 1. The van der Waals surface area contributed by atoms with Gasteiger partial charge in [0.2, 0.25) is 0 Å². The number of ether oxygens (including phenoxy) is 1. The minimum Gasteiger partial charge on any atom is -0.380 e. The molecule has 4 heterocycles. The van der Waals surface area contributed by atoms with Crippen molar-refractivity contribution in [2.45, 2.75) is 32.4 Å². The summed E-state index contributed by atoms with van der Waals surface area (Å²) >= 11 is 0. The van der Waals surface area contributed by atoms with Crippen molar-refractivity contribution in [2.24, 2.45) is 0 Å². The van der Waals surface area contributed by atoms with Crippen LogP contribution in [0.3, 0.4) is 0 Å². The number of pyridine rings is 2. The van der Waals surface area contributed by atoms with Gasteiger partial charge in [-0.25, -0.2) is 9.37 Å². The van der Waals surface area contributed by atoms with Gasteiger partial charge < -0.3 is 15.0 Å². The molecule has 2 N–H and O–H groups in total. The Morgan fingerprint density at radius 3 is 2.82 bits per heavy atom. The van der Waals surface area contributed by atoms with Gasteiger partial charge in [-0.3, -0.25) is 10.1 Å². The number of hydrogen-bond donors (Lipinski definition) is 2. The standard InChI is InChI=1S/C26H29FN6O/c1-16-9-17(12-28-2)10-21(27)25(16)22-11-20-23(14-29-22)31-32-26(20)18-6-7-24(30-13-18)33-8-4-5-19(15-33)34-3/h6-7,9-11,13-14,19,28H,4-5,8,12,15H2,1-3H3,(H,31,32). The molecule has 3 aromatic heterocycles. The van der Waals surface area contributed by atoms with Gasteiger partial charge in [0, 0.05) is 49.5 Å². The van der Waals surface area contributed by atoms with E-state index in [1.807, 2.05) is 44.4 Å². The van der Waals surface area contributed by atoms with E-state index in [2.05, 4.69) is 25.4 Å². The third-order valence-corrected chi connectivity index (χ3v) is 6.49. The van der Waals surface area contributed by atoms with Crippen LogP contribution in [0, 0.1) is 12.7 Å². The molecule has 1 atom stereocenters. The number of aryl methyl sites for hydroxylation is 1. The van der Waals surface area contributed by atoms with Crippen LogP contribution < -0.4 is 10.2 Å². The van der Waals surface area contributed by atoms with Gasteiger partial charge in [0.1, 0.15) is 17.3 Å². The summed E-state index contributed by atoms with van der Waals surface area (Å²) in [6.45, 7) is 4.35. The van der Waals surface area contributed by atoms with Crippen molar-refractivity contribution in [3.8, 4) is 22.5 Å². The fourth-order valence-electron chi connectivity index (χ4n) is 4.77. The van der Waals surface area contributed by atoms with Gasteiger partial charge in [0.15, 0.2) is 0 Å². The Balaban J connectivity index is 1.47. The van der Waals surface area contributed by atoms with E-state index in [-0.39, 0.29) is 11.9 Å². The SMILES string of the molecule is CNCc1cc(C)c(-c2cc3c(-c4ccc(N5CCCC(OC)C5)nc4)n[nH]c3cn2)c(F)c1. The number of anilines is 1. The van der Waals surface area contributed by atoms with Gasteiger partial charge >= 0.3 is 0 Å². The molecule has 7 nitrogen and oxygen atoms in total. The van der Waals surface area contributed by atoms with E-state index in [4.69, 9.17) is 9.72 Å². The Morgan fingerprint density at radius 1 is 1.21 bits per heavy atom. The number of piperidine rings is 1. The summed E-state index contributed by atoms with van der Waals surface area (Å²) in [5, 5.41) is 11.5. The number of H-pyrrole nitrogens is 1. The summed E-state index contributed by atoms with van der Waals surface area (Å²) < 4.78 is 20.6. The number of rotatable bonds is 6. The van der Waals surface area contributed by atoms with Crippen LogP contribution in [0.25, 0.3) is 33.4 Å². The van der Waals surface area contributed by atoms with Crippen LogP contribution in [0.4, 0.5) is 10.2 Å². The maximum atomic E-state index is 15.0. The summed E-state index contributed by atoms with van der Waals surface area (Å²) in [5.74, 6) is 0.663. The maximum absolute atomic E-state index is 15.0. The second-order valence-corrected chi connectivity index (χ2v) is 8.84. The largest absolute Gasteiger partial charge is 0.380 e. The molecular weight excluding hydrogens is 431 g/mol. The molecule has 5 rings (SSSR count). The number of nitrogens with one attached hydrogen (secondary N) is 2. The lowest BCUT2D eigenvalue weighted by molar-refractivity contribution is 0.0891. The highest BCUT2D eigenvalue weighted by Crippen LogP contribution is 2.32. The molecule has 1 aliphatic rings. The number of hydrogen-bond acceptors (Lipinski definition) is 6. The van der Waals surface area contributed by atoms with Gasteiger partial charge in [-0.05, 0) is 62.2 Å². The van der Waals surface area contributed by atoms with Crippen molar-refractivity contribution < 1.29 is 9.13 Å². The first-order chi connectivity index (χ1) is 16.6. The molecule has 1 fully saturated rings. The predicted octanol–water partition coefficient (Wildman–Crippen LogP) is 4.47. The van der Waals surface area contributed by atoms with E-state index in [0.29, 0.717) is 17.8 Å². The average Bonchev–Trinajstić information content (AvgIpc) is 3.27. The smallest absolute Gasteiger partial charge is 0.133 e. The Kier molecular flexibility index (Phi) is 6.26. The molecule has 0 spiro atoms. The van der Waals surface area contributed by atoms with Gasteiger partial charge in [-0.15, -0.1) is 0 Å². The molecule has 0 aliphatic carbocycles. The zero-order chi connectivity index (χ0) is 23.7. The molecule has 1 aliphatic heterocycles. The molecule has 4 aromatic rings. The fraction of sp³-hybridized carbons (Fsp3) is 0.346. The number of aromatic nitrogens is 4. The molecule has 34 heavy (non-hydrogen) atoms. The zero-order valence-electron chi connectivity index (χ0n) is 19.7. The molecule has 0 bridgehead atoms. The Morgan fingerprint density at radius 2 is 2.09 bits per heavy atom. The van der Waals surface area contributed by atoms with Crippen LogP contribution in [0.5, 0.6) is 0 Å². The molecular formula is C26H29FN6O. The fourth-order valence-corrected chi connectivity index (χ4v) is 4.77. The third kappa shape index (κ3) is 4.26. The highest BCUT2D eigenvalue weighted by Gasteiger charge is 2.21. The lowest BCUT2D eigenvalue weighted by atomic mass is 9.99. The zero-order valence-corrected chi connectivity index (χ0v) is 19.7. The highest BCUT2D eigenvalue weighted by atomic mass is 19.1. The summed E-state index contributed by atoms with van der Waals surface area (Å²) in [6, 6.07) is 9.53. The summed E-state index contributed by atoms with van der Waals surface area (Å²) in [6.07, 6.45) is 5.97. The highest BCUT2D eigenvalue weighted by molar-refractivity contribution is 5.94. The normalized spacial score (nSPS) is 16.4. The molecule has 8 heteroatoms. The van der Waals surface area contributed by atoms with Crippen LogP contribution in [0.1, 0.15) is 24.0 Å². The summed E-state index contributed by atoms with van der Waals surface area (Å²) in [4.78, 5) is 11.5. The first-order valence-corrected chi connectivity index (χ1v) is 11.6. The van der Waals surface area contributed by atoms with Gasteiger partial charge in [0.05, 0.1) is 23.5 Å². The number of benzene rings is 1. The van der Waals surface area contributed by atoms with E-state index >= 15 is 4.39 Å². The van der Waals surface area contributed by atoms with Crippen molar-refractivity contribution in [2.75, 3.05) is 32.1 Å². The minimum atomic E-state index is -0.274. The second-order valence-electron chi connectivity index (χ2n) is 8.84. The molecule has 1 aromatic carbocycles.